The second-order valence-electron chi connectivity index (χ2n) is 9.84. The predicted octanol–water partition coefficient (Wildman–Crippen LogP) is 5.30. The van der Waals surface area contributed by atoms with Crippen LogP contribution in [0.15, 0.2) is 23.8 Å². The molecule has 1 aliphatic heterocycles. The van der Waals surface area contributed by atoms with Crippen molar-refractivity contribution in [1.29, 1.82) is 0 Å². The number of likely N-dealkylation sites (N-methyl/N-ethyl adjacent to an activating group) is 1. The van der Waals surface area contributed by atoms with Gasteiger partial charge in [-0.15, -0.1) is 0 Å². The van der Waals surface area contributed by atoms with Crippen molar-refractivity contribution in [3.8, 4) is 0 Å². The summed E-state index contributed by atoms with van der Waals surface area (Å²) in [7, 11) is 0.0494. The highest BCUT2D eigenvalue weighted by Crippen LogP contribution is 2.38. The van der Waals surface area contributed by atoms with E-state index in [-0.39, 0.29) is 35.6 Å². The van der Waals surface area contributed by atoms with E-state index in [2.05, 4.69) is 52.9 Å². The second-order valence-corrected chi connectivity index (χ2v) is 14.6. The van der Waals surface area contributed by atoms with E-state index in [1.54, 1.807) is 0 Å². The van der Waals surface area contributed by atoms with E-state index in [0.717, 1.165) is 31.3 Å². The minimum absolute atomic E-state index is 0.00208. The molecular weight excluding hydrogens is 366 g/mol. The fourth-order valence-corrected chi connectivity index (χ4v) is 4.93. The molecule has 1 N–H and O–H groups in total. The van der Waals surface area contributed by atoms with Gasteiger partial charge in [-0.05, 0) is 43.8 Å². The lowest BCUT2D eigenvalue weighted by molar-refractivity contribution is -0.132. The Balaban J connectivity index is 3.14. The maximum Gasteiger partial charge on any atom is 0.222 e. The predicted molar refractivity (Wildman–Crippen MR) is 121 cm³/mol. The first-order chi connectivity index (χ1) is 12.9. The van der Waals surface area contributed by atoms with Crippen molar-refractivity contribution in [1.82, 2.24) is 4.90 Å². The van der Waals surface area contributed by atoms with E-state index in [1.807, 2.05) is 24.9 Å². The molecule has 1 rings (SSSR count). The van der Waals surface area contributed by atoms with Crippen LogP contribution in [0.5, 0.6) is 0 Å². The first kappa shape index (κ1) is 25.1. The lowest BCUT2D eigenvalue weighted by Gasteiger charge is -2.39. The van der Waals surface area contributed by atoms with Crippen LogP contribution in [-0.2, 0) is 9.22 Å². The van der Waals surface area contributed by atoms with Crippen molar-refractivity contribution < 1.29 is 14.3 Å². The average molecular weight is 410 g/mol. The van der Waals surface area contributed by atoms with Gasteiger partial charge in [0.05, 0.1) is 18.8 Å². The smallest absolute Gasteiger partial charge is 0.222 e. The highest BCUT2D eigenvalue weighted by Gasteiger charge is 2.38. The summed E-state index contributed by atoms with van der Waals surface area (Å²) in [5.74, 6) is 0.340. The van der Waals surface area contributed by atoms with Gasteiger partial charge in [0.2, 0.25) is 5.91 Å². The SMILES string of the molecule is C/C(=C\CO)[C@@H]1[C@@H](C)/C=C/C(O[Si](C)(C)C(C)(C)C)CCCCCC(=O)N1C. The molecule has 0 aromatic rings. The zero-order chi connectivity index (χ0) is 21.5. The normalized spacial score (nSPS) is 27.9. The Morgan fingerprint density at radius 2 is 1.93 bits per heavy atom. The Morgan fingerprint density at radius 1 is 1.29 bits per heavy atom. The van der Waals surface area contributed by atoms with Crippen molar-refractivity contribution >= 4 is 14.2 Å². The maximum atomic E-state index is 12.7. The molecule has 0 aromatic heterocycles. The number of hydrogen-bond donors (Lipinski definition) is 1. The Hall–Kier alpha value is -0.913. The largest absolute Gasteiger partial charge is 0.411 e. The Bertz CT molecular complexity index is 563. The summed E-state index contributed by atoms with van der Waals surface area (Å²) >= 11 is 0. The van der Waals surface area contributed by atoms with E-state index >= 15 is 0 Å². The van der Waals surface area contributed by atoms with Crippen molar-refractivity contribution in [2.75, 3.05) is 13.7 Å². The molecule has 0 fully saturated rings. The highest BCUT2D eigenvalue weighted by molar-refractivity contribution is 6.74. The van der Waals surface area contributed by atoms with E-state index in [9.17, 15) is 9.90 Å². The Labute approximate surface area is 174 Å². The second kappa shape index (κ2) is 10.7. The zero-order valence-corrected chi connectivity index (χ0v) is 20.4. The quantitative estimate of drug-likeness (QED) is 0.506. The van der Waals surface area contributed by atoms with Gasteiger partial charge in [-0.1, -0.05) is 64.3 Å². The van der Waals surface area contributed by atoms with E-state index in [4.69, 9.17) is 4.43 Å². The number of nitrogens with zero attached hydrogens (tertiary/aromatic N) is 1. The molecular formula is C23H43NO3Si. The monoisotopic (exact) mass is 409 g/mol. The van der Waals surface area contributed by atoms with Crippen LogP contribution in [0.3, 0.4) is 0 Å². The first-order valence-electron chi connectivity index (χ1n) is 10.8. The lowest BCUT2D eigenvalue weighted by Crippen LogP contribution is -2.44. The van der Waals surface area contributed by atoms with Gasteiger partial charge in [-0.3, -0.25) is 4.79 Å². The van der Waals surface area contributed by atoms with Crippen molar-refractivity contribution in [3.63, 3.8) is 0 Å². The van der Waals surface area contributed by atoms with Gasteiger partial charge in [0.15, 0.2) is 8.32 Å². The average Bonchev–Trinajstić information content (AvgIpc) is 2.57. The Morgan fingerprint density at radius 3 is 2.50 bits per heavy atom. The number of aliphatic hydroxyl groups excluding tert-OH is 1. The third-order valence-corrected chi connectivity index (χ3v) is 11.0. The number of hydrogen-bond acceptors (Lipinski definition) is 3. The number of carbonyl (C=O) groups excluding carboxylic acids is 1. The standard InChI is InChI=1S/C23H43NO3Si/c1-18-14-15-20(27-28(7,8)23(3,4)5)12-10-9-11-13-21(26)24(6)22(18)19(2)16-17-25/h14-16,18,20,22,25H,9-13,17H2,1-8H3/b15-14+,19-16+/t18-,20?,22-/m0/s1. The molecule has 1 unspecified atom stereocenters. The van der Waals surface area contributed by atoms with E-state index < -0.39 is 8.32 Å². The van der Waals surface area contributed by atoms with Crippen LogP contribution < -0.4 is 0 Å². The van der Waals surface area contributed by atoms with Gasteiger partial charge in [-0.25, -0.2) is 0 Å². The van der Waals surface area contributed by atoms with Crippen LogP contribution in [0, 0.1) is 5.92 Å². The minimum Gasteiger partial charge on any atom is -0.411 e. The molecule has 28 heavy (non-hydrogen) atoms. The van der Waals surface area contributed by atoms with Gasteiger partial charge in [-0.2, -0.15) is 0 Å². The topological polar surface area (TPSA) is 49.8 Å². The van der Waals surface area contributed by atoms with Crippen LogP contribution in [0.1, 0.15) is 66.7 Å². The molecule has 0 bridgehead atoms. The van der Waals surface area contributed by atoms with Gasteiger partial charge < -0.3 is 14.4 Å². The van der Waals surface area contributed by atoms with Gasteiger partial charge >= 0.3 is 0 Å². The molecule has 0 saturated heterocycles. The summed E-state index contributed by atoms with van der Waals surface area (Å²) in [6.07, 6.45) is 11.0. The van der Waals surface area contributed by atoms with Crippen molar-refractivity contribution in [3.05, 3.63) is 23.8 Å². The number of rotatable bonds is 4. The molecule has 3 atom stereocenters. The molecule has 162 valence electrons. The van der Waals surface area contributed by atoms with Crippen molar-refractivity contribution in [2.45, 2.75) is 97.0 Å². The van der Waals surface area contributed by atoms with E-state index in [0.29, 0.717) is 6.42 Å². The minimum atomic E-state index is -1.84. The highest BCUT2D eigenvalue weighted by atomic mass is 28.4. The van der Waals surface area contributed by atoms with Crippen molar-refractivity contribution in [2.24, 2.45) is 5.92 Å². The Kier molecular flexibility index (Phi) is 9.64. The molecule has 1 heterocycles. The molecule has 0 aliphatic carbocycles. The first-order valence-corrected chi connectivity index (χ1v) is 13.7. The molecule has 4 nitrogen and oxygen atoms in total. The number of carbonyl (C=O) groups is 1. The number of aliphatic hydroxyl groups is 1. The lowest BCUT2D eigenvalue weighted by atomic mass is 9.91. The molecule has 0 saturated carbocycles. The summed E-state index contributed by atoms with van der Waals surface area (Å²) in [5.41, 5.74) is 1.04. The summed E-state index contributed by atoms with van der Waals surface area (Å²) in [4.78, 5) is 14.5. The van der Waals surface area contributed by atoms with Crippen LogP contribution in [0.2, 0.25) is 18.1 Å². The van der Waals surface area contributed by atoms with Crippen LogP contribution >= 0.6 is 0 Å². The summed E-state index contributed by atoms with van der Waals surface area (Å²) in [6.45, 7) is 15.6. The fraction of sp³-hybridized carbons (Fsp3) is 0.783. The molecule has 5 heteroatoms. The molecule has 1 amide bonds. The summed E-state index contributed by atoms with van der Waals surface area (Å²) in [5, 5.41) is 9.53. The number of amides is 1. The third kappa shape index (κ3) is 7.16. The molecule has 0 radical (unpaired) electrons. The third-order valence-electron chi connectivity index (χ3n) is 6.45. The summed E-state index contributed by atoms with van der Waals surface area (Å²) in [6, 6.07) is -0.0381. The van der Waals surface area contributed by atoms with Crippen LogP contribution in [0.4, 0.5) is 0 Å². The maximum absolute atomic E-state index is 12.7. The van der Waals surface area contributed by atoms with Crippen LogP contribution in [-0.4, -0.2) is 50.0 Å². The van der Waals surface area contributed by atoms with Crippen LogP contribution in [0.25, 0.3) is 0 Å². The van der Waals surface area contributed by atoms with Gasteiger partial charge in [0.1, 0.15) is 0 Å². The van der Waals surface area contributed by atoms with E-state index in [1.165, 1.54) is 0 Å². The molecule has 0 aromatic carbocycles. The molecule has 0 spiro atoms. The zero-order valence-electron chi connectivity index (χ0n) is 19.4. The molecule has 1 aliphatic rings. The van der Waals surface area contributed by atoms with Gasteiger partial charge in [0.25, 0.3) is 0 Å². The fourth-order valence-electron chi connectivity index (χ4n) is 3.62. The summed E-state index contributed by atoms with van der Waals surface area (Å²) < 4.78 is 6.70. The van der Waals surface area contributed by atoms with Gasteiger partial charge in [0, 0.05) is 13.5 Å².